The lowest BCUT2D eigenvalue weighted by Crippen LogP contribution is -2.56. The van der Waals surface area contributed by atoms with Gasteiger partial charge in [0.1, 0.15) is 0 Å². The van der Waals surface area contributed by atoms with E-state index in [1.165, 1.54) is 7.11 Å². The second-order valence-electron chi connectivity index (χ2n) is 5.90. The average Bonchev–Trinajstić information content (AvgIpc) is 2.52. The third kappa shape index (κ3) is 5.74. The maximum atomic E-state index is 12.3. The van der Waals surface area contributed by atoms with Gasteiger partial charge in [-0.3, -0.25) is 14.5 Å². The molecule has 6 nitrogen and oxygen atoms in total. The molecule has 0 saturated carbocycles. The van der Waals surface area contributed by atoms with E-state index in [-0.39, 0.29) is 36.2 Å². The summed E-state index contributed by atoms with van der Waals surface area (Å²) in [6, 6.07) is -0.271. The molecule has 0 aliphatic carbocycles. The van der Waals surface area contributed by atoms with Crippen molar-refractivity contribution in [3.05, 3.63) is 0 Å². The number of nitrogens with zero attached hydrogens (tertiary/aromatic N) is 2. The van der Waals surface area contributed by atoms with E-state index in [1.54, 1.807) is 0 Å². The van der Waals surface area contributed by atoms with Gasteiger partial charge >= 0.3 is 5.97 Å². The summed E-state index contributed by atoms with van der Waals surface area (Å²) in [7, 11) is 1.40. The molecule has 0 aromatic carbocycles. The molecule has 0 spiro atoms. The lowest BCUT2D eigenvalue weighted by Gasteiger charge is -2.39. The molecular weight excluding hydrogens is 306 g/mol. The molecule has 130 valence electrons. The summed E-state index contributed by atoms with van der Waals surface area (Å²) in [5.41, 5.74) is 6.01. The Bertz CT molecular complexity index is 360. The van der Waals surface area contributed by atoms with Gasteiger partial charge in [0.15, 0.2) is 0 Å². The first kappa shape index (κ1) is 21.1. The molecule has 1 saturated heterocycles. The molecule has 1 amide bonds. The van der Waals surface area contributed by atoms with E-state index >= 15 is 0 Å². The lowest BCUT2D eigenvalue weighted by atomic mass is 9.98. The van der Waals surface area contributed by atoms with Gasteiger partial charge in [-0.15, -0.1) is 12.4 Å². The van der Waals surface area contributed by atoms with E-state index in [4.69, 9.17) is 10.5 Å². The summed E-state index contributed by atoms with van der Waals surface area (Å²) >= 11 is 0. The molecule has 1 aliphatic heterocycles. The van der Waals surface area contributed by atoms with Crippen LogP contribution in [0.4, 0.5) is 0 Å². The largest absolute Gasteiger partial charge is 0.469 e. The number of carbonyl (C=O) groups is 2. The highest BCUT2D eigenvalue weighted by atomic mass is 35.5. The minimum Gasteiger partial charge on any atom is -0.469 e. The van der Waals surface area contributed by atoms with Crippen molar-refractivity contribution in [1.29, 1.82) is 0 Å². The number of rotatable bonds is 6. The van der Waals surface area contributed by atoms with Crippen LogP contribution in [-0.2, 0) is 14.3 Å². The summed E-state index contributed by atoms with van der Waals surface area (Å²) in [5, 5.41) is 0. The van der Waals surface area contributed by atoms with Crippen LogP contribution < -0.4 is 5.73 Å². The third-order valence-corrected chi connectivity index (χ3v) is 4.48. The highest BCUT2D eigenvalue weighted by Crippen LogP contribution is 2.13. The minimum atomic E-state index is -0.408. The van der Waals surface area contributed by atoms with Gasteiger partial charge in [-0.2, -0.15) is 0 Å². The van der Waals surface area contributed by atoms with Crippen molar-refractivity contribution in [2.75, 3.05) is 33.3 Å². The number of piperazine rings is 1. The predicted molar refractivity (Wildman–Crippen MR) is 88.9 cm³/mol. The van der Waals surface area contributed by atoms with E-state index in [1.807, 2.05) is 25.7 Å². The first-order valence-electron chi connectivity index (χ1n) is 7.75. The van der Waals surface area contributed by atoms with Crippen LogP contribution in [0.15, 0.2) is 0 Å². The first-order chi connectivity index (χ1) is 9.90. The van der Waals surface area contributed by atoms with Gasteiger partial charge in [0, 0.05) is 32.2 Å². The Morgan fingerprint density at radius 2 is 1.73 bits per heavy atom. The molecule has 1 aliphatic rings. The molecule has 2 N–H and O–H groups in total. The van der Waals surface area contributed by atoms with Crippen LogP contribution in [-0.4, -0.2) is 67.0 Å². The number of ether oxygens (including phenoxy) is 1. The maximum Gasteiger partial charge on any atom is 0.307 e. The van der Waals surface area contributed by atoms with Crippen molar-refractivity contribution in [2.45, 2.75) is 45.7 Å². The smallest absolute Gasteiger partial charge is 0.307 e. The topological polar surface area (TPSA) is 75.9 Å². The summed E-state index contributed by atoms with van der Waals surface area (Å²) in [6.45, 7) is 8.97. The Morgan fingerprint density at radius 1 is 1.18 bits per heavy atom. The fraction of sp³-hybridized carbons (Fsp3) is 0.867. The average molecular weight is 336 g/mol. The first-order valence-corrected chi connectivity index (χ1v) is 7.75. The molecule has 7 heteroatoms. The zero-order chi connectivity index (χ0) is 16.0. The van der Waals surface area contributed by atoms with Gasteiger partial charge in [0.25, 0.3) is 0 Å². The Kier molecular flexibility index (Phi) is 9.64. The number of methoxy groups -OCH3 is 1. The van der Waals surface area contributed by atoms with E-state index in [2.05, 4.69) is 4.90 Å². The monoisotopic (exact) mass is 335 g/mol. The Balaban J connectivity index is 0.00000441. The van der Waals surface area contributed by atoms with Gasteiger partial charge < -0.3 is 15.4 Å². The normalized spacial score (nSPS) is 19.8. The molecule has 0 aromatic heterocycles. The number of nitrogens with two attached hydrogens (primary N) is 1. The summed E-state index contributed by atoms with van der Waals surface area (Å²) < 4.78 is 4.69. The van der Waals surface area contributed by atoms with Crippen LogP contribution in [0.2, 0.25) is 0 Å². The molecule has 1 heterocycles. The zero-order valence-electron chi connectivity index (χ0n) is 14.1. The highest BCUT2D eigenvalue weighted by Gasteiger charge is 2.29. The van der Waals surface area contributed by atoms with Crippen molar-refractivity contribution in [3.8, 4) is 0 Å². The second-order valence-corrected chi connectivity index (χ2v) is 5.90. The zero-order valence-corrected chi connectivity index (χ0v) is 14.9. The van der Waals surface area contributed by atoms with Gasteiger partial charge in [0.2, 0.25) is 5.91 Å². The molecule has 1 fully saturated rings. The molecule has 3 unspecified atom stereocenters. The summed E-state index contributed by atoms with van der Waals surface area (Å²) in [4.78, 5) is 27.7. The molecule has 0 bridgehead atoms. The molecular formula is C15H30ClN3O3. The SMILES string of the molecule is CCC(C)C(N)C(=O)N1CCN(C(C)CC(=O)OC)CC1.Cl. The van der Waals surface area contributed by atoms with Crippen LogP contribution in [0.25, 0.3) is 0 Å². The quantitative estimate of drug-likeness (QED) is 0.729. The van der Waals surface area contributed by atoms with Crippen LogP contribution in [0, 0.1) is 5.92 Å². The van der Waals surface area contributed by atoms with Gasteiger partial charge in [-0.05, 0) is 12.8 Å². The number of amides is 1. The second kappa shape index (κ2) is 10.0. The van der Waals surface area contributed by atoms with Gasteiger partial charge in [-0.1, -0.05) is 20.3 Å². The molecule has 0 radical (unpaired) electrons. The number of hydrogen-bond donors (Lipinski definition) is 1. The molecule has 3 atom stereocenters. The predicted octanol–water partition coefficient (Wildman–Crippen LogP) is 0.877. The lowest BCUT2D eigenvalue weighted by molar-refractivity contribution is -0.143. The van der Waals surface area contributed by atoms with Crippen molar-refractivity contribution in [1.82, 2.24) is 9.80 Å². The maximum absolute atomic E-state index is 12.3. The molecule has 1 rings (SSSR count). The third-order valence-electron chi connectivity index (χ3n) is 4.48. The number of halogens is 1. The minimum absolute atomic E-state index is 0. The van der Waals surface area contributed by atoms with Crippen molar-refractivity contribution in [2.24, 2.45) is 11.7 Å². The van der Waals surface area contributed by atoms with Gasteiger partial charge in [0.05, 0.1) is 19.6 Å². The van der Waals surface area contributed by atoms with Crippen molar-refractivity contribution < 1.29 is 14.3 Å². The fourth-order valence-corrected chi connectivity index (χ4v) is 2.54. The Hall–Kier alpha value is -0.850. The Morgan fingerprint density at radius 3 is 2.18 bits per heavy atom. The van der Waals surface area contributed by atoms with Crippen LogP contribution in [0.3, 0.4) is 0 Å². The highest BCUT2D eigenvalue weighted by molar-refractivity contribution is 5.85. The molecule has 22 heavy (non-hydrogen) atoms. The van der Waals surface area contributed by atoms with E-state index < -0.39 is 6.04 Å². The standard InChI is InChI=1S/C15H29N3O3.ClH/c1-5-11(2)14(16)15(20)18-8-6-17(7-9-18)12(3)10-13(19)21-4;/h11-12,14H,5-10,16H2,1-4H3;1H. The van der Waals surface area contributed by atoms with Crippen molar-refractivity contribution in [3.63, 3.8) is 0 Å². The summed E-state index contributed by atoms with van der Waals surface area (Å²) in [5.74, 6) is 0.0539. The van der Waals surface area contributed by atoms with Crippen LogP contribution in [0.5, 0.6) is 0 Å². The molecule has 0 aromatic rings. The van der Waals surface area contributed by atoms with Gasteiger partial charge in [-0.25, -0.2) is 0 Å². The van der Waals surface area contributed by atoms with E-state index in [0.29, 0.717) is 19.5 Å². The number of esters is 1. The van der Waals surface area contributed by atoms with Crippen LogP contribution >= 0.6 is 12.4 Å². The van der Waals surface area contributed by atoms with E-state index in [9.17, 15) is 9.59 Å². The number of hydrogen-bond acceptors (Lipinski definition) is 5. The van der Waals surface area contributed by atoms with E-state index in [0.717, 1.165) is 19.5 Å². The fourth-order valence-electron chi connectivity index (χ4n) is 2.54. The Labute approximate surface area is 139 Å². The number of carbonyl (C=O) groups excluding carboxylic acids is 2. The van der Waals surface area contributed by atoms with Crippen LogP contribution in [0.1, 0.15) is 33.6 Å². The van der Waals surface area contributed by atoms with Crippen molar-refractivity contribution >= 4 is 24.3 Å². The summed E-state index contributed by atoms with van der Waals surface area (Å²) in [6.07, 6.45) is 1.29.